The van der Waals surface area contributed by atoms with E-state index in [1.54, 1.807) is 12.1 Å². The van der Waals surface area contributed by atoms with Gasteiger partial charge in [-0.25, -0.2) is 0 Å². The number of amides is 1. The fourth-order valence-corrected chi connectivity index (χ4v) is 2.56. The molecule has 6 nitrogen and oxygen atoms in total. The van der Waals surface area contributed by atoms with Crippen LogP contribution in [0, 0.1) is 5.41 Å². The average molecular weight is 276 g/mol. The van der Waals surface area contributed by atoms with Crippen molar-refractivity contribution in [1.82, 2.24) is 10.3 Å². The van der Waals surface area contributed by atoms with Crippen LogP contribution in [0.15, 0.2) is 23.5 Å². The normalized spacial score (nSPS) is 21.7. The Morgan fingerprint density at radius 1 is 1.55 bits per heavy atom. The van der Waals surface area contributed by atoms with Crippen molar-refractivity contribution in [1.29, 1.82) is 0 Å². The summed E-state index contributed by atoms with van der Waals surface area (Å²) in [5.74, 6) is -0.208. The number of hydrogen-bond acceptors (Lipinski definition) is 4. The number of pyridine rings is 1. The van der Waals surface area contributed by atoms with Gasteiger partial charge in [-0.05, 0) is 36.8 Å². The summed E-state index contributed by atoms with van der Waals surface area (Å²) in [6, 6.07) is 3.39. The maximum absolute atomic E-state index is 12.1. The minimum atomic E-state index is -0.182. The van der Waals surface area contributed by atoms with Gasteiger partial charge < -0.3 is 16.3 Å². The molecule has 1 saturated carbocycles. The first-order valence-corrected chi connectivity index (χ1v) is 6.66. The van der Waals surface area contributed by atoms with E-state index < -0.39 is 0 Å². The van der Waals surface area contributed by atoms with Crippen LogP contribution >= 0.6 is 0 Å². The predicted octanol–water partition coefficient (Wildman–Crippen LogP) is 1.48. The third-order valence-corrected chi connectivity index (χ3v) is 3.70. The van der Waals surface area contributed by atoms with Crippen LogP contribution in [0.2, 0.25) is 0 Å². The molecule has 1 fully saturated rings. The number of amidine groups is 1. The van der Waals surface area contributed by atoms with E-state index >= 15 is 0 Å². The molecular formula is C14H20N4O2. The highest BCUT2D eigenvalue weighted by atomic mass is 16.4. The van der Waals surface area contributed by atoms with Gasteiger partial charge in [0.05, 0.1) is 0 Å². The van der Waals surface area contributed by atoms with Gasteiger partial charge in [0.15, 0.2) is 5.84 Å². The minimum Gasteiger partial charge on any atom is -0.409 e. The number of carbonyl (C=O) groups is 1. The Hall–Kier alpha value is -2.11. The minimum absolute atomic E-state index is 0.0259. The first-order valence-electron chi connectivity index (χ1n) is 6.66. The predicted molar refractivity (Wildman–Crippen MR) is 75.6 cm³/mol. The van der Waals surface area contributed by atoms with Crippen LogP contribution < -0.4 is 11.1 Å². The number of aromatic nitrogens is 1. The van der Waals surface area contributed by atoms with Crippen molar-refractivity contribution in [2.45, 2.75) is 39.2 Å². The topological polar surface area (TPSA) is 101 Å². The van der Waals surface area contributed by atoms with Crippen molar-refractivity contribution >= 4 is 11.7 Å². The standard InChI is InChI=1S/C14H20N4O2/c1-14(2)6-5-10(7-14)17-13(19)11-4-3-9(8-16-11)12(15)18-20/h3-4,8,10,20H,5-7H2,1-2H3,(H2,15,18)(H,17,19). The summed E-state index contributed by atoms with van der Waals surface area (Å²) in [5, 5.41) is 14.4. The molecule has 20 heavy (non-hydrogen) atoms. The molecule has 1 aromatic rings. The highest BCUT2D eigenvalue weighted by molar-refractivity contribution is 5.98. The number of oxime groups is 1. The van der Waals surface area contributed by atoms with Crippen LogP contribution in [0.4, 0.5) is 0 Å². The Balaban J connectivity index is 2.00. The smallest absolute Gasteiger partial charge is 0.270 e. The SMILES string of the molecule is CC1(C)CCC(NC(=O)c2ccc(/C(N)=N/O)cn2)C1. The maximum Gasteiger partial charge on any atom is 0.270 e. The molecule has 1 amide bonds. The van der Waals surface area contributed by atoms with E-state index in [-0.39, 0.29) is 17.8 Å². The molecular weight excluding hydrogens is 256 g/mol. The lowest BCUT2D eigenvalue weighted by Gasteiger charge is -2.17. The largest absolute Gasteiger partial charge is 0.409 e. The summed E-state index contributed by atoms with van der Waals surface area (Å²) in [6.45, 7) is 4.42. The number of rotatable bonds is 3. The van der Waals surface area contributed by atoms with Crippen molar-refractivity contribution in [2.24, 2.45) is 16.3 Å². The van der Waals surface area contributed by atoms with Gasteiger partial charge in [-0.1, -0.05) is 19.0 Å². The first kappa shape index (κ1) is 14.3. The molecule has 0 aromatic carbocycles. The zero-order chi connectivity index (χ0) is 14.8. The Labute approximate surface area is 118 Å². The van der Waals surface area contributed by atoms with Gasteiger partial charge in [0.2, 0.25) is 0 Å². The molecule has 1 aliphatic rings. The summed E-state index contributed by atoms with van der Waals surface area (Å²) >= 11 is 0. The third kappa shape index (κ3) is 3.26. The molecule has 1 unspecified atom stereocenters. The van der Waals surface area contributed by atoms with E-state index in [1.807, 2.05) is 0 Å². The van der Waals surface area contributed by atoms with Crippen LogP contribution in [-0.4, -0.2) is 28.0 Å². The van der Waals surface area contributed by atoms with E-state index in [1.165, 1.54) is 6.20 Å². The maximum atomic E-state index is 12.1. The Morgan fingerprint density at radius 2 is 2.30 bits per heavy atom. The average Bonchev–Trinajstić information content (AvgIpc) is 2.77. The summed E-state index contributed by atoms with van der Waals surface area (Å²) in [6.07, 6.45) is 4.53. The Bertz CT molecular complexity index is 522. The molecule has 1 aromatic heterocycles. The monoisotopic (exact) mass is 276 g/mol. The molecule has 0 bridgehead atoms. The summed E-state index contributed by atoms with van der Waals surface area (Å²) in [4.78, 5) is 16.1. The lowest BCUT2D eigenvalue weighted by Crippen LogP contribution is -2.34. The summed E-state index contributed by atoms with van der Waals surface area (Å²) in [7, 11) is 0. The van der Waals surface area contributed by atoms with Crippen molar-refractivity contribution < 1.29 is 10.0 Å². The fraction of sp³-hybridized carbons (Fsp3) is 0.500. The van der Waals surface area contributed by atoms with E-state index in [4.69, 9.17) is 10.9 Å². The number of carbonyl (C=O) groups excluding carboxylic acids is 1. The highest BCUT2D eigenvalue weighted by Gasteiger charge is 2.31. The van der Waals surface area contributed by atoms with Gasteiger partial charge in [0, 0.05) is 17.8 Å². The van der Waals surface area contributed by atoms with Crippen molar-refractivity contribution in [3.63, 3.8) is 0 Å². The number of nitrogens with one attached hydrogen (secondary N) is 1. The molecule has 0 radical (unpaired) electrons. The van der Waals surface area contributed by atoms with E-state index in [2.05, 4.69) is 29.3 Å². The number of nitrogens with zero attached hydrogens (tertiary/aromatic N) is 2. The lowest BCUT2D eigenvalue weighted by molar-refractivity contribution is 0.0931. The third-order valence-electron chi connectivity index (χ3n) is 3.70. The highest BCUT2D eigenvalue weighted by Crippen LogP contribution is 2.36. The summed E-state index contributed by atoms with van der Waals surface area (Å²) in [5.41, 5.74) is 6.55. The van der Waals surface area contributed by atoms with Crippen LogP contribution in [0.25, 0.3) is 0 Å². The molecule has 4 N–H and O–H groups in total. The molecule has 2 rings (SSSR count). The molecule has 1 aliphatic carbocycles. The molecule has 0 aliphatic heterocycles. The molecule has 0 spiro atoms. The van der Waals surface area contributed by atoms with Crippen LogP contribution in [0.5, 0.6) is 0 Å². The van der Waals surface area contributed by atoms with Crippen molar-refractivity contribution in [2.75, 3.05) is 0 Å². The second kappa shape index (κ2) is 5.48. The Morgan fingerprint density at radius 3 is 2.80 bits per heavy atom. The van der Waals surface area contributed by atoms with Crippen molar-refractivity contribution in [3.8, 4) is 0 Å². The van der Waals surface area contributed by atoms with Crippen LogP contribution in [-0.2, 0) is 0 Å². The zero-order valence-electron chi connectivity index (χ0n) is 11.8. The quantitative estimate of drug-likeness (QED) is 0.337. The van der Waals surface area contributed by atoms with Gasteiger partial charge in [-0.2, -0.15) is 0 Å². The molecule has 0 saturated heterocycles. The first-order chi connectivity index (χ1) is 9.41. The molecule has 1 atom stereocenters. The van der Waals surface area contributed by atoms with Gasteiger partial charge >= 0.3 is 0 Å². The van der Waals surface area contributed by atoms with Crippen LogP contribution in [0.1, 0.15) is 49.2 Å². The van der Waals surface area contributed by atoms with Gasteiger partial charge in [0.1, 0.15) is 5.69 Å². The zero-order valence-corrected chi connectivity index (χ0v) is 11.8. The van der Waals surface area contributed by atoms with Gasteiger partial charge in [0.25, 0.3) is 5.91 Å². The number of hydrogen-bond donors (Lipinski definition) is 3. The Kier molecular flexibility index (Phi) is 3.92. The van der Waals surface area contributed by atoms with E-state index in [9.17, 15) is 4.79 Å². The second-order valence-corrected chi connectivity index (χ2v) is 5.99. The fourth-order valence-electron chi connectivity index (χ4n) is 2.56. The molecule has 108 valence electrons. The van der Waals surface area contributed by atoms with Gasteiger partial charge in [-0.3, -0.25) is 9.78 Å². The van der Waals surface area contributed by atoms with Gasteiger partial charge in [-0.15, -0.1) is 0 Å². The lowest BCUT2D eigenvalue weighted by atomic mass is 9.92. The second-order valence-electron chi connectivity index (χ2n) is 5.99. The van der Waals surface area contributed by atoms with Crippen LogP contribution in [0.3, 0.4) is 0 Å². The van der Waals surface area contributed by atoms with E-state index in [0.29, 0.717) is 16.7 Å². The van der Waals surface area contributed by atoms with Crippen molar-refractivity contribution in [3.05, 3.63) is 29.6 Å². The molecule has 1 heterocycles. The molecule has 6 heteroatoms. The number of nitrogens with two attached hydrogens (primary N) is 1. The summed E-state index contributed by atoms with van der Waals surface area (Å²) < 4.78 is 0. The van der Waals surface area contributed by atoms with E-state index in [0.717, 1.165) is 19.3 Å².